The summed E-state index contributed by atoms with van der Waals surface area (Å²) in [5, 5.41) is 4.27. The molecule has 0 aliphatic rings. The van der Waals surface area contributed by atoms with Crippen LogP contribution < -0.4 is 5.32 Å². The Balaban J connectivity index is 2.65. The van der Waals surface area contributed by atoms with Gasteiger partial charge in [-0.1, -0.05) is 58.9 Å². The molecule has 114 valence electrons. The van der Waals surface area contributed by atoms with E-state index in [0.29, 0.717) is 11.3 Å². The summed E-state index contributed by atoms with van der Waals surface area (Å²) in [6, 6.07) is 9.59. The van der Waals surface area contributed by atoms with Gasteiger partial charge >= 0.3 is 0 Å². The molecule has 2 heteroatoms. The van der Waals surface area contributed by atoms with Crippen LogP contribution in [0.4, 0.5) is 0 Å². The van der Waals surface area contributed by atoms with Crippen molar-refractivity contribution in [3.8, 4) is 0 Å². The topological polar surface area (TPSA) is 12.0 Å². The van der Waals surface area contributed by atoms with Crippen molar-refractivity contribution < 1.29 is 0 Å². The standard InChI is InChI=1S/C18H31NS/c1-6-16-8-10-17(11-9-16)18(19-7-2)15(5)20-13-12-14(3)4/h8-11,14-15,18-19H,6-7,12-13H2,1-5H3. The van der Waals surface area contributed by atoms with Gasteiger partial charge in [0.2, 0.25) is 0 Å². The Bertz CT molecular complexity index is 358. The average molecular weight is 294 g/mol. The molecule has 0 spiro atoms. The maximum absolute atomic E-state index is 3.65. The third kappa shape index (κ3) is 5.88. The Morgan fingerprint density at radius 1 is 1.05 bits per heavy atom. The SMILES string of the molecule is CCNC(c1ccc(CC)cc1)C(C)SCCC(C)C. The summed E-state index contributed by atoms with van der Waals surface area (Å²) in [5.74, 6) is 2.06. The molecule has 0 bridgehead atoms. The number of hydrogen-bond donors (Lipinski definition) is 1. The highest BCUT2D eigenvalue weighted by Crippen LogP contribution is 2.28. The van der Waals surface area contributed by atoms with Gasteiger partial charge in [-0.05, 0) is 42.2 Å². The van der Waals surface area contributed by atoms with Crippen molar-refractivity contribution in [3.63, 3.8) is 0 Å². The van der Waals surface area contributed by atoms with Crippen LogP contribution in [0.15, 0.2) is 24.3 Å². The van der Waals surface area contributed by atoms with E-state index >= 15 is 0 Å². The second-order valence-corrected chi connectivity index (χ2v) is 7.37. The summed E-state index contributed by atoms with van der Waals surface area (Å²) < 4.78 is 0. The molecule has 0 aromatic heterocycles. The second-order valence-electron chi connectivity index (χ2n) is 5.89. The summed E-state index contributed by atoms with van der Waals surface area (Å²) >= 11 is 2.10. The first kappa shape index (κ1) is 17.6. The molecule has 1 rings (SSSR count). The molecule has 1 nitrogen and oxygen atoms in total. The highest BCUT2D eigenvalue weighted by atomic mass is 32.2. The molecule has 0 aliphatic carbocycles. The van der Waals surface area contributed by atoms with E-state index in [1.807, 2.05) is 0 Å². The molecule has 0 radical (unpaired) electrons. The number of thioether (sulfide) groups is 1. The van der Waals surface area contributed by atoms with Crippen LogP contribution in [0.3, 0.4) is 0 Å². The third-order valence-electron chi connectivity index (χ3n) is 3.72. The predicted molar refractivity (Wildman–Crippen MR) is 93.6 cm³/mol. The van der Waals surface area contributed by atoms with Gasteiger partial charge < -0.3 is 5.32 Å². The fourth-order valence-electron chi connectivity index (χ4n) is 2.32. The Kier molecular flexibility index (Phi) is 8.32. The first-order valence-corrected chi connectivity index (χ1v) is 9.07. The minimum absolute atomic E-state index is 0.461. The van der Waals surface area contributed by atoms with Gasteiger partial charge in [0.1, 0.15) is 0 Å². The van der Waals surface area contributed by atoms with Crippen molar-refractivity contribution >= 4 is 11.8 Å². The van der Waals surface area contributed by atoms with Gasteiger partial charge in [-0.15, -0.1) is 0 Å². The Labute approximate surface area is 129 Å². The third-order valence-corrected chi connectivity index (χ3v) is 4.99. The molecular weight excluding hydrogens is 262 g/mol. The summed E-state index contributed by atoms with van der Waals surface area (Å²) in [6.07, 6.45) is 2.42. The zero-order chi connectivity index (χ0) is 15.0. The van der Waals surface area contributed by atoms with Crippen LogP contribution in [0.5, 0.6) is 0 Å². The van der Waals surface area contributed by atoms with Gasteiger partial charge in [0.15, 0.2) is 0 Å². The van der Waals surface area contributed by atoms with Crippen LogP contribution in [0.2, 0.25) is 0 Å². The van der Waals surface area contributed by atoms with Crippen LogP contribution in [0.25, 0.3) is 0 Å². The molecule has 1 aromatic carbocycles. The predicted octanol–water partition coefficient (Wildman–Crippen LogP) is 5.07. The van der Waals surface area contributed by atoms with Gasteiger partial charge in [-0.2, -0.15) is 11.8 Å². The highest BCUT2D eigenvalue weighted by molar-refractivity contribution is 7.99. The fraction of sp³-hybridized carbons (Fsp3) is 0.667. The molecule has 0 aliphatic heterocycles. The lowest BCUT2D eigenvalue weighted by Gasteiger charge is -2.25. The Morgan fingerprint density at radius 3 is 2.20 bits per heavy atom. The second kappa shape index (κ2) is 9.46. The van der Waals surface area contributed by atoms with E-state index in [-0.39, 0.29) is 0 Å². The molecule has 0 fully saturated rings. The van der Waals surface area contributed by atoms with Crippen molar-refractivity contribution in [1.29, 1.82) is 0 Å². The van der Waals surface area contributed by atoms with Crippen LogP contribution in [0.1, 0.15) is 58.2 Å². The van der Waals surface area contributed by atoms with Crippen LogP contribution in [-0.2, 0) is 6.42 Å². The molecule has 1 N–H and O–H groups in total. The number of aryl methyl sites for hydroxylation is 1. The zero-order valence-corrected chi connectivity index (χ0v) is 14.6. The quantitative estimate of drug-likeness (QED) is 0.682. The molecule has 0 saturated heterocycles. The van der Waals surface area contributed by atoms with Crippen molar-refractivity contribution in [2.45, 2.75) is 58.8 Å². The maximum atomic E-state index is 3.65. The number of nitrogens with one attached hydrogen (secondary N) is 1. The monoisotopic (exact) mass is 293 g/mol. The molecule has 2 unspecified atom stereocenters. The highest BCUT2D eigenvalue weighted by Gasteiger charge is 2.18. The molecule has 20 heavy (non-hydrogen) atoms. The van der Waals surface area contributed by atoms with E-state index in [2.05, 4.69) is 76.0 Å². The van der Waals surface area contributed by atoms with Crippen LogP contribution in [0, 0.1) is 5.92 Å². The molecule has 1 aromatic rings. The Hall–Kier alpha value is -0.470. The van der Waals surface area contributed by atoms with Crippen molar-refractivity contribution in [1.82, 2.24) is 5.32 Å². The van der Waals surface area contributed by atoms with Crippen LogP contribution >= 0.6 is 11.8 Å². The summed E-state index contributed by atoms with van der Waals surface area (Å²) in [4.78, 5) is 0. The van der Waals surface area contributed by atoms with Crippen LogP contribution in [-0.4, -0.2) is 17.5 Å². The van der Waals surface area contributed by atoms with Crippen molar-refractivity contribution in [2.24, 2.45) is 5.92 Å². The number of benzene rings is 1. The smallest absolute Gasteiger partial charge is 0.0437 e. The number of hydrogen-bond acceptors (Lipinski definition) is 2. The van der Waals surface area contributed by atoms with Crippen molar-refractivity contribution in [2.75, 3.05) is 12.3 Å². The van der Waals surface area contributed by atoms with Gasteiger partial charge in [0.05, 0.1) is 0 Å². The lowest BCUT2D eigenvalue weighted by Crippen LogP contribution is -2.28. The number of rotatable bonds is 9. The van der Waals surface area contributed by atoms with E-state index in [1.54, 1.807) is 0 Å². The minimum Gasteiger partial charge on any atom is -0.309 e. The largest absolute Gasteiger partial charge is 0.309 e. The van der Waals surface area contributed by atoms with E-state index < -0.39 is 0 Å². The van der Waals surface area contributed by atoms with Gasteiger partial charge in [-0.3, -0.25) is 0 Å². The van der Waals surface area contributed by atoms with E-state index in [4.69, 9.17) is 0 Å². The maximum Gasteiger partial charge on any atom is 0.0437 e. The molecular formula is C18H31NS. The Morgan fingerprint density at radius 2 is 1.70 bits per heavy atom. The normalized spacial score (nSPS) is 14.5. The zero-order valence-electron chi connectivity index (χ0n) is 13.8. The van der Waals surface area contributed by atoms with E-state index in [0.717, 1.165) is 18.9 Å². The summed E-state index contributed by atoms with van der Waals surface area (Å²) in [5.41, 5.74) is 2.85. The lowest BCUT2D eigenvalue weighted by atomic mass is 10.0. The molecule has 0 saturated carbocycles. The minimum atomic E-state index is 0.461. The fourth-order valence-corrected chi connectivity index (χ4v) is 3.75. The van der Waals surface area contributed by atoms with Crippen molar-refractivity contribution in [3.05, 3.63) is 35.4 Å². The van der Waals surface area contributed by atoms with E-state index in [9.17, 15) is 0 Å². The lowest BCUT2D eigenvalue weighted by molar-refractivity contribution is 0.546. The van der Waals surface area contributed by atoms with Gasteiger partial charge in [0, 0.05) is 11.3 Å². The molecule has 0 heterocycles. The molecule has 2 atom stereocenters. The first-order chi connectivity index (χ1) is 9.58. The molecule has 0 amide bonds. The first-order valence-electron chi connectivity index (χ1n) is 8.02. The average Bonchev–Trinajstić information content (AvgIpc) is 2.44. The van der Waals surface area contributed by atoms with Gasteiger partial charge in [-0.25, -0.2) is 0 Å². The summed E-state index contributed by atoms with van der Waals surface area (Å²) in [6.45, 7) is 12.4. The summed E-state index contributed by atoms with van der Waals surface area (Å²) in [7, 11) is 0. The van der Waals surface area contributed by atoms with E-state index in [1.165, 1.54) is 23.3 Å². The van der Waals surface area contributed by atoms with Gasteiger partial charge in [0.25, 0.3) is 0 Å².